The van der Waals surface area contributed by atoms with Gasteiger partial charge in [0.05, 0.1) is 6.10 Å². The van der Waals surface area contributed by atoms with Gasteiger partial charge in [0.2, 0.25) is 0 Å². The average molecular weight is 263 g/mol. The van der Waals surface area contributed by atoms with Crippen LogP contribution in [0.2, 0.25) is 0 Å². The summed E-state index contributed by atoms with van der Waals surface area (Å²) in [6, 6.07) is 4.54. The van der Waals surface area contributed by atoms with Crippen molar-refractivity contribution in [2.24, 2.45) is 5.84 Å². The Morgan fingerprint density at radius 2 is 2.21 bits per heavy atom. The van der Waals surface area contributed by atoms with Crippen LogP contribution in [0, 0.1) is 0 Å². The lowest BCUT2D eigenvalue weighted by Gasteiger charge is -2.17. The second-order valence-electron chi connectivity index (χ2n) is 5.32. The number of hydrogen-bond donors (Lipinski definition) is 2. The van der Waals surface area contributed by atoms with E-state index in [9.17, 15) is 0 Å². The second-order valence-corrected chi connectivity index (χ2v) is 5.32. The minimum atomic E-state index is 0.398. The van der Waals surface area contributed by atoms with Crippen LogP contribution >= 0.6 is 0 Å². The fraction of sp³-hybridized carbons (Fsp3) is 0.667. The fourth-order valence-electron chi connectivity index (χ4n) is 2.67. The van der Waals surface area contributed by atoms with Gasteiger partial charge in [-0.3, -0.25) is 16.3 Å². The summed E-state index contributed by atoms with van der Waals surface area (Å²) in [5, 5.41) is 0. The van der Waals surface area contributed by atoms with Gasteiger partial charge in [-0.15, -0.1) is 0 Å². The molecule has 0 radical (unpaired) electrons. The van der Waals surface area contributed by atoms with E-state index in [4.69, 9.17) is 10.6 Å². The lowest BCUT2D eigenvalue weighted by atomic mass is 10.0. The molecule has 2 heterocycles. The maximum absolute atomic E-state index is 5.64. The zero-order chi connectivity index (χ0) is 13.3. The maximum atomic E-state index is 5.64. The van der Waals surface area contributed by atoms with Crippen LogP contribution in [0.15, 0.2) is 24.5 Å². The quantitative estimate of drug-likeness (QED) is 0.557. The van der Waals surface area contributed by atoms with Gasteiger partial charge < -0.3 is 4.74 Å². The molecule has 0 saturated carbocycles. The third-order valence-electron chi connectivity index (χ3n) is 3.87. The third kappa shape index (κ3) is 5.27. The Balaban J connectivity index is 1.62. The van der Waals surface area contributed by atoms with Gasteiger partial charge in [-0.1, -0.05) is 0 Å². The molecule has 1 aromatic rings. The van der Waals surface area contributed by atoms with Gasteiger partial charge in [-0.2, -0.15) is 0 Å². The molecule has 1 aliphatic heterocycles. The molecule has 0 amide bonds. The van der Waals surface area contributed by atoms with Crippen molar-refractivity contribution >= 4 is 0 Å². The summed E-state index contributed by atoms with van der Waals surface area (Å²) in [7, 11) is 0. The highest BCUT2D eigenvalue weighted by molar-refractivity contribution is 5.09. The Labute approximate surface area is 115 Å². The molecule has 106 valence electrons. The van der Waals surface area contributed by atoms with Gasteiger partial charge in [0.15, 0.2) is 0 Å². The monoisotopic (exact) mass is 263 g/mol. The van der Waals surface area contributed by atoms with Gasteiger partial charge in [-0.25, -0.2) is 0 Å². The largest absolute Gasteiger partial charge is 0.378 e. The molecule has 2 rings (SSSR count). The van der Waals surface area contributed by atoms with Gasteiger partial charge in [-0.05, 0) is 62.6 Å². The molecule has 3 N–H and O–H groups in total. The number of pyridine rings is 1. The minimum absolute atomic E-state index is 0.398. The van der Waals surface area contributed by atoms with Crippen molar-refractivity contribution in [3.05, 3.63) is 30.1 Å². The summed E-state index contributed by atoms with van der Waals surface area (Å²) in [5.41, 5.74) is 4.27. The first-order valence-corrected chi connectivity index (χ1v) is 7.35. The van der Waals surface area contributed by atoms with Crippen molar-refractivity contribution in [1.29, 1.82) is 0 Å². The number of nitrogens with zero attached hydrogens (tertiary/aromatic N) is 1. The van der Waals surface area contributed by atoms with E-state index in [2.05, 4.69) is 22.5 Å². The van der Waals surface area contributed by atoms with Crippen LogP contribution in [-0.2, 0) is 11.2 Å². The molecule has 2 unspecified atom stereocenters. The standard InChI is InChI=1S/C15H25N3O/c16-18-14(3-1-4-15-5-2-12-19-15)7-6-13-8-10-17-11-9-13/h8-11,14-15,18H,1-7,12,16H2. The number of ether oxygens (including phenoxy) is 1. The van der Waals surface area contributed by atoms with Crippen molar-refractivity contribution < 1.29 is 4.74 Å². The molecular formula is C15H25N3O. The highest BCUT2D eigenvalue weighted by Crippen LogP contribution is 2.19. The Kier molecular flexibility index (Phi) is 6.27. The van der Waals surface area contributed by atoms with Crippen LogP contribution in [0.3, 0.4) is 0 Å². The van der Waals surface area contributed by atoms with Gasteiger partial charge in [0, 0.05) is 25.0 Å². The van der Waals surface area contributed by atoms with E-state index in [-0.39, 0.29) is 0 Å². The first-order valence-electron chi connectivity index (χ1n) is 7.35. The van der Waals surface area contributed by atoms with Crippen LogP contribution in [0.5, 0.6) is 0 Å². The van der Waals surface area contributed by atoms with Crippen molar-refractivity contribution in [1.82, 2.24) is 10.4 Å². The summed E-state index contributed by atoms with van der Waals surface area (Å²) in [5.74, 6) is 5.64. The van der Waals surface area contributed by atoms with Crippen molar-refractivity contribution in [3.8, 4) is 0 Å². The van der Waals surface area contributed by atoms with E-state index < -0.39 is 0 Å². The molecule has 1 saturated heterocycles. The molecule has 0 aromatic carbocycles. The first-order chi connectivity index (χ1) is 9.38. The van der Waals surface area contributed by atoms with Crippen LogP contribution in [0.1, 0.15) is 44.1 Å². The lowest BCUT2D eigenvalue weighted by molar-refractivity contribution is 0.101. The van der Waals surface area contributed by atoms with Crippen LogP contribution in [0.25, 0.3) is 0 Å². The lowest BCUT2D eigenvalue weighted by Crippen LogP contribution is -2.35. The summed E-state index contributed by atoms with van der Waals surface area (Å²) < 4.78 is 5.64. The van der Waals surface area contributed by atoms with E-state index in [0.717, 1.165) is 25.9 Å². The van der Waals surface area contributed by atoms with Crippen LogP contribution < -0.4 is 11.3 Å². The van der Waals surface area contributed by atoms with Crippen LogP contribution in [0.4, 0.5) is 0 Å². The Bertz CT molecular complexity index is 339. The fourth-order valence-corrected chi connectivity index (χ4v) is 2.67. The highest BCUT2D eigenvalue weighted by Gasteiger charge is 2.15. The number of aryl methyl sites for hydroxylation is 1. The number of hydrogen-bond acceptors (Lipinski definition) is 4. The van der Waals surface area contributed by atoms with E-state index in [1.165, 1.54) is 31.2 Å². The van der Waals surface area contributed by atoms with E-state index in [0.29, 0.717) is 12.1 Å². The molecule has 4 heteroatoms. The minimum Gasteiger partial charge on any atom is -0.378 e. The molecule has 19 heavy (non-hydrogen) atoms. The topological polar surface area (TPSA) is 60.2 Å². The molecule has 1 aromatic heterocycles. The Morgan fingerprint density at radius 3 is 2.89 bits per heavy atom. The van der Waals surface area contributed by atoms with Gasteiger partial charge in [0.1, 0.15) is 0 Å². The maximum Gasteiger partial charge on any atom is 0.0576 e. The highest BCUT2D eigenvalue weighted by atomic mass is 16.5. The second kappa shape index (κ2) is 8.25. The smallest absolute Gasteiger partial charge is 0.0576 e. The van der Waals surface area contributed by atoms with Crippen molar-refractivity contribution in [2.75, 3.05) is 6.61 Å². The van der Waals surface area contributed by atoms with Crippen molar-refractivity contribution in [2.45, 2.75) is 57.1 Å². The van der Waals surface area contributed by atoms with Gasteiger partial charge in [0.25, 0.3) is 0 Å². The molecule has 4 nitrogen and oxygen atoms in total. The normalized spacial score (nSPS) is 20.6. The summed E-state index contributed by atoms with van der Waals surface area (Å²) in [6.45, 7) is 0.950. The van der Waals surface area contributed by atoms with E-state index in [1.54, 1.807) is 0 Å². The summed E-state index contributed by atoms with van der Waals surface area (Å²) >= 11 is 0. The zero-order valence-corrected chi connectivity index (χ0v) is 11.6. The molecule has 0 bridgehead atoms. The Hall–Kier alpha value is -0.970. The third-order valence-corrected chi connectivity index (χ3v) is 3.87. The van der Waals surface area contributed by atoms with Crippen molar-refractivity contribution in [3.63, 3.8) is 0 Å². The molecule has 2 atom stereocenters. The number of nitrogens with one attached hydrogen (secondary N) is 1. The number of nitrogens with two attached hydrogens (primary N) is 1. The number of rotatable bonds is 8. The summed E-state index contributed by atoms with van der Waals surface area (Å²) in [4.78, 5) is 4.03. The average Bonchev–Trinajstić information content (AvgIpc) is 2.97. The molecule has 1 fully saturated rings. The molecular weight excluding hydrogens is 238 g/mol. The summed E-state index contributed by atoms with van der Waals surface area (Å²) in [6.07, 6.45) is 12.3. The van der Waals surface area contributed by atoms with E-state index in [1.807, 2.05) is 12.4 Å². The van der Waals surface area contributed by atoms with Crippen LogP contribution in [-0.4, -0.2) is 23.7 Å². The SMILES string of the molecule is NNC(CCCC1CCCO1)CCc1ccncc1. The predicted molar refractivity (Wildman–Crippen MR) is 76.5 cm³/mol. The molecule has 1 aliphatic rings. The predicted octanol–water partition coefficient (Wildman–Crippen LogP) is 2.20. The number of hydrazine groups is 1. The first kappa shape index (κ1) is 14.4. The van der Waals surface area contributed by atoms with Gasteiger partial charge >= 0.3 is 0 Å². The molecule has 0 aliphatic carbocycles. The zero-order valence-electron chi connectivity index (χ0n) is 11.6. The molecule has 0 spiro atoms. The van der Waals surface area contributed by atoms with E-state index >= 15 is 0 Å². The number of aromatic nitrogens is 1. The Morgan fingerprint density at radius 1 is 1.37 bits per heavy atom.